The number of anilines is 1. The minimum Gasteiger partial charge on any atom is -0.320 e. The maximum Gasteiger partial charge on any atom is 0.417 e. The van der Waals surface area contributed by atoms with Gasteiger partial charge in [0.1, 0.15) is 17.2 Å². The highest BCUT2D eigenvalue weighted by molar-refractivity contribution is 6.37. The van der Waals surface area contributed by atoms with Gasteiger partial charge in [0, 0.05) is 0 Å². The monoisotopic (exact) mass is 369 g/mol. The van der Waals surface area contributed by atoms with Crippen LogP contribution in [0.25, 0.3) is 0 Å². The molecule has 1 N–H and O–H groups in total. The summed E-state index contributed by atoms with van der Waals surface area (Å²) in [5.41, 5.74) is -2.66. The van der Waals surface area contributed by atoms with E-state index in [0.29, 0.717) is 6.07 Å². The molecule has 9 heteroatoms. The van der Waals surface area contributed by atoms with Crippen LogP contribution in [-0.4, -0.2) is 5.91 Å². The zero-order valence-electron chi connectivity index (χ0n) is 10.9. The molecule has 0 spiro atoms. The van der Waals surface area contributed by atoms with Crippen LogP contribution in [0.4, 0.5) is 27.6 Å². The van der Waals surface area contributed by atoms with Crippen molar-refractivity contribution in [2.45, 2.75) is 6.18 Å². The number of rotatable bonds is 2. The highest BCUT2D eigenvalue weighted by Crippen LogP contribution is 2.39. The lowest BCUT2D eigenvalue weighted by molar-refractivity contribution is -0.137. The Morgan fingerprint density at radius 1 is 1.00 bits per heavy atom. The van der Waals surface area contributed by atoms with Crippen molar-refractivity contribution in [2.75, 3.05) is 5.32 Å². The first kappa shape index (κ1) is 17.5. The molecule has 0 saturated carbocycles. The first-order valence-electron chi connectivity index (χ1n) is 5.93. The topological polar surface area (TPSA) is 29.1 Å². The average Bonchev–Trinajstić information content (AvgIpc) is 2.40. The number of nitrogens with one attached hydrogen (secondary N) is 1. The SMILES string of the molecule is O=C(Nc1cc(C(F)(F)F)c(Cl)cc1Cl)c1c(F)cccc1F. The van der Waals surface area contributed by atoms with E-state index in [9.17, 15) is 26.7 Å². The lowest BCUT2D eigenvalue weighted by Gasteiger charge is -2.14. The van der Waals surface area contributed by atoms with E-state index in [-0.39, 0.29) is 5.02 Å². The van der Waals surface area contributed by atoms with Crippen molar-refractivity contribution in [1.82, 2.24) is 0 Å². The second kappa shape index (κ2) is 6.33. The van der Waals surface area contributed by atoms with Gasteiger partial charge in [0.05, 0.1) is 21.3 Å². The molecular weight excluding hydrogens is 364 g/mol. The van der Waals surface area contributed by atoms with Gasteiger partial charge >= 0.3 is 6.18 Å². The normalized spacial score (nSPS) is 11.4. The van der Waals surface area contributed by atoms with Crippen LogP contribution >= 0.6 is 23.2 Å². The first-order valence-corrected chi connectivity index (χ1v) is 6.68. The highest BCUT2D eigenvalue weighted by atomic mass is 35.5. The third kappa shape index (κ3) is 3.73. The van der Waals surface area contributed by atoms with Gasteiger partial charge in [-0.05, 0) is 24.3 Å². The largest absolute Gasteiger partial charge is 0.417 e. The Morgan fingerprint density at radius 3 is 2.09 bits per heavy atom. The van der Waals surface area contributed by atoms with E-state index in [1.807, 2.05) is 5.32 Å². The molecule has 0 aromatic heterocycles. The van der Waals surface area contributed by atoms with Gasteiger partial charge < -0.3 is 5.32 Å². The molecule has 122 valence electrons. The number of halogens is 7. The fourth-order valence-corrected chi connectivity index (χ4v) is 2.30. The summed E-state index contributed by atoms with van der Waals surface area (Å²) in [4.78, 5) is 11.9. The number of hydrogen-bond acceptors (Lipinski definition) is 1. The lowest BCUT2D eigenvalue weighted by Crippen LogP contribution is -2.17. The third-order valence-corrected chi connectivity index (χ3v) is 3.43. The summed E-state index contributed by atoms with van der Waals surface area (Å²) in [6, 6.07) is 3.98. The molecule has 2 rings (SSSR count). The molecule has 0 atom stereocenters. The highest BCUT2D eigenvalue weighted by Gasteiger charge is 2.34. The Bertz CT molecular complexity index is 756. The minimum atomic E-state index is -4.79. The van der Waals surface area contributed by atoms with E-state index < -0.39 is 45.6 Å². The maximum absolute atomic E-state index is 13.5. The smallest absolute Gasteiger partial charge is 0.320 e. The molecule has 23 heavy (non-hydrogen) atoms. The van der Waals surface area contributed by atoms with Crippen molar-refractivity contribution < 1.29 is 26.7 Å². The molecule has 0 saturated heterocycles. The Kier molecular flexibility index (Phi) is 4.81. The molecule has 2 aromatic rings. The molecule has 0 unspecified atom stereocenters. The fourth-order valence-electron chi connectivity index (χ4n) is 1.76. The van der Waals surface area contributed by atoms with E-state index in [1.165, 1.54) is 0 Å². The van der Waals surface area contributed by atoms with Gasteiger partial charge in [-0.25, -0.2) is 8.78 Å². The molecule has 0 bridgehead atoms. The van der Waals surface area contributed by atoms with Crippen LogP contribution in [0.3, 0.4) is 0 Å². The van der Waals surface area contributed by atoms with Gasteiger partial charge in [0.15, 0.2) is 0 Å². The van der Waals surface area contributed by atoms with Crippen LogP contribution in [-0.2, 0) is 6.18 Å². The van der Waals surface area contributed by atoms with E-state index in [0.717, 1.165) is 24.3 Å². The number of benzene rings is 2. The standard InChI is InChI=1S/C14H6Cl2F5NO/c15-7-5-8(16)11(4-6(7)14(19,20)21)22-13(23)12-9(17)2-1-3-10(12)18/h1-5H,(H,22,23). The number of carbonyl (C=O) groups excluding carboxylic acids is 1. The third-order valence-electron chi connectivity index (χ3n) is 2.80. The van der Waals surface area contributed by atoms with Gasteiger partial charge in [-0.15, -0.1) is 0 Å². The predicted octanol–water partition coefficient (Wildman–Crippen LogP) is 5.54. The van der Waals surface area contributed by atoms with E-state index in [1.54, 1.807) is 0 Å². The Labute approximate surface area is 136 Å². The number of alkyl halides is 3. The number of carbonyl (C=O) groups is 1. The van der Waals surface area contributed by atoms with Crippen molar-refractivity contribution in [1.29, 1.82) is 0 Å². The van der Waals surface area contributed by atoms with Crippen LogP contribution < -0.4 is 5.32 Å². The molecular formula is C14H6Cl2F5NO. The summed E-state index contributed by atoms with van der Waals surface area (Å²) < 4.78 is 65.4. The number of hydrogen-bond donors (Lipinski definition) is 1. The Hall–Kier alpha value is -1.86. The molecule has 0 aliphatic rings. The summed E-state index contributed by atoms with van der Waals surface area (Å²) in [5, 5.41) is 0.957. The van der Waals surface area contributed by atoms with Gasteiger partial charge in [0.2, 0.25) is 0 Å². The van der Waals surface area contributed by atoms with Crippen LogP contribution in [0.15, 0.2) is 30.3 Å². The molecule has 2 aromatic carbocycles. The van der Waals surface area contributed by atoms with Crippen LogP contribution in [0.2, 0.25) is 10.0 Å². The molecule has 0 heterocycles. The van der Waals surface area contributed by atoms with Gasteiger partial charge in [-0.2, -0.15) is 13.2 Å². The van der Waals surface area contributed by atoms with Crippen molar-refractivity contribution in [3.05, 3.63) is 63.1 Å². The van der Waals surface area contributed by atoms with Gasteiger partial charge in [-0.3, -0.25) is 4.79 Å². The first-order chi connectivity index (χ1) is 10.6. The predicted molar refractivity (Wildman–Crippen MR) is 75.8 cm³/mol. The van der Waals surface area contributed by atoms with Crippen molar-refractivity contribution in [3.8, 4) is 0 Å². The van der Waals surface area contributed by atoms with E-state index in [4.69, 9.17) is 23.2 Å². The molecule has 0 aliphatic heterocycles. The van der Waals surface area contributed by atoms with Crippen molar-refractivity contribution in [2.24, 2.45) is 0 Å². The summed E-state index contributed by atoms with van der Waals surface area (Å²) in [7, 11) is 0. The van der Waals surface area contributed by atoms with Gasteiger partial charge in [-0.1, -0.05) is 29.3 Å². The summed E-state index contributed by atoms with van der Waals surface area (Å²) >= 11 is 11.2. The molecule has 0 aliphatic carbocycles. The summed E-state index contributed by atoms with van der Waals surface area (Å²) in [6.07, 6.45) is -4.79. The molecule has 2 nitrogen and oxygen atoms in total. The molecule has 0 fully saturated rings. The summed E-state index contributed by atoms with van der Waals surface area (Å²) in [6.45, 7) is 0. The minimum absolute atomic E-state index is 0.312. The lowest BCUT2D eigenvalue weighted by atomic mass is 10.1. The quantitative estimate of drug-likeness (QED) is 0.691. The molecule has 0 radical (unpaired) electrons. The van der Waals surface area contributed by atoms with E-state index in [2.05, 4.69) is 0 Å². The van der Waals surface area contributed by atoms with Crippen LogP contribution in [0, 0.1) is 11.6 Å². The second-order valence-electron chi connectivity index (χ2n) is 4.36. The van der Waals surface area contributed by atoms with Crippen LogP contribution in [0.5, 0.6) is 0 Å². The zero-order chi connectivity index (χ0) is 17.4. The maximum atomic E-state index is 13.5. The van der Waals surface area contributed by atoms with Crippen molar-refractivity contribution >= 4 is 34.8 Å². The molecule has 1 amide bonds. The van der Waals surface area contributed by atoms with Crippen molar-refractivity contribution in [3.63, 3.8) is 0 Å². The Balaban J connectivity index is 2.42. The second-order valence-corrected chi connectivity index (χ2v) is 5.17. The van der Waals surface area contributed by atoms with Crippen LogP contribution in [0.1, 0.15) is 15.9 Å². The number of amides is 1. The summed E-state index contributed by atoms with van der Waals surface area (Å²) in [5.74, 6) is -3.61. The Morgan fingerprint density at radius 2 is 1.57 bits per heavy atom. The van der Waals surface area contributed by atoms with Gasteiger partial charge in [0.25, 0.3) is 5.91 Å². The zero-order valence-corrected chi connectivity index (χ0v) is 12.5. The average molecular weight is 370 g/mol. The fraction of sp³-hybridized carbons (Fsp3) is 0.0714. The van der Waals surface area contributed by atoms with E-state index >= 15 is 0 Å².